The van der Waals surface area contributed by atoms with Gasteiger partial charge in [-0.2, -0.15) is 0 Å². The van der Waals surface area contributed by atoms with Gasteiger partial charge in [-0.05, 0) is 61.5 Å². The fourth-order valence-electron chi connectivity index (χ4n) is 4.18. The van der Waals surface area contributed by atoms with Gasteiger partial charge < -0.3 is 24.8 Å². The Balaban J connectivity index is 1.22. The lowest BCUT2D eigenvalue weighted by Crippen LogP contribution is -2.26. The maximum Gasteiger partial charge on any atom is 0.338 e. The van der Waals surface area contributed by atoms with Gasteiger partial charge in [0.1, 0.15) is 22.4 Å². The normalized spacial score (nSPS) is 12.9. The number of ether oxygens (including phenoxy) is 2. The third kappa shape index (κ3) is 6.40. The largest absolute Gasteiger partial charge is 0.510 e. The summed E-state index contributed by atoms with van der Waals surface area (Å²) in [5.41, 5.74) is 3.18. The molecule has 0 unspecified atom stereocenters. The number of aliphatic hydroxyl groups is 1. The number of rotatable bonds is 9. The number of nitrogens with zero attached hydrogens (tertiary/aromatic N) is 2. The number of hydrogen-bond acceptors (Lipinski definition) is 8. The Hall–Kier alpha value is -4.67. The van der Waals surface area contributed by atoms with Crippen LogP contribution in [0, 0.1) is 5.41 Å². The van der Waals surface area contributed by atoms with E-state index in [1.54, 1.807) is 65.6 Å². The van der Waals surface area contributed by atoms with Crippen LogP contribution in [-0.2, 0) is 9.53 Å². The van der Waals surface area contributed by atoms with Crippen LogP contribution in [0.5, 0.6) is 5.75 Å². The highest BCUT2D eigenvalue weighted by Crippen LogP contribution is 2.35. The van der Waals surface area contributed by atoms with Gasteiger partial charge in [0.05, 0.1) is 30.0 Å². The number of esters is 1. The van der Waals surface area contributed by atoms with Gasteiger partial charge >= 0.3 is 5.97 Å². The molecule has 1 amide bonds. The van der Waals surface area contributed by atoms with Crippen LogP contribution < -0.4 is 15.0 Å². The van der Waals surface area contributed by atoms with Gasteiger partial charge in [-0.1, -0.05) is 29.8 Å². The molecule has 1 aromatic heterocycles. The van der Waals surface area contributed by atoms with Crippen LogP contribution in [0.4, 0.5) is 11.4 Å². The molecule has 3 aromatic carbocycles. The SMILES string of the molecule is CCOc1ccc(NC(=O)COC(=O)c2cccc(N3CC(O)=C(c4nc(-c5ccc(Cl)cc5)cs4)C3=N)c2)cc1. The van der Waals surface area contributed by atoms with Gasteiger partial charge in [-0.15, -0.1) is 11.3 Å². The third-order valence-corrected chi connectivity index (χ3v) is 7.25. The highest BCUT2D eigenvalue weighted by Gasteiger charge is 2.31. The van der Waals surface area contributed by atoms with Crippen molar-refractivity contribution in [3.8, 4) is 17.0 Å². The number of carbonyl (C=O) groups is 2. The minimum Gasteiger partial charge on any atom is -0.510 e. The molecule has 9 nitrogen and oxygen atoms in total. The Morgan fingerprint density at radius 3 is 2.61 bits per heavy atom. The second kappa shape index (κ2) is 12.2. The predicted molar refractivity (Wildman–Crippen MR) is 160 cm³/mol. The zero-order valence-electron chi connectivity index (χ0n) is 21.9. The van der Waals surface area contributed by atoms with Crippen LogP contribution in [0.25, 0.3) is 16.8 Å². The van der Waals surface area contributed by atoms with Crippen LogP contribution in [-0.4, -0.2) is 47.6 Å². The summed E-state index contributed by atoms with van der Waals surface area (Å²) in [6.07, 6.45) is 0. The molecule has 11 heteroatoms. The Bertz CT molecular complexity index is 1630. The minimum absolute atomic E-state index is 0.00551. The summed E-state index contributed by atoms with van der Waals surface area (Å²) in [7, 11) is 0. The van der Waals surface area contributed by atoms with Gasteiger partial charge in [0, 0.05) is 27.3 Å². The fourth-order valence-corrected chi connectivity index (χ4v) is 5.20. The first kappa shape index (κ1) is 27.9. The predicted octanol–water partition coefficient (Wildman–Crippen LogP) is 6.42. The molecule has 0 atom stereocenters. The first-order valence-electron chi connectivity index (χ1n) is 12.6. The van der Waals surface area contributed by atoms with Gasteiger partial charge in [0.25, 0.3) is 5.91 Å². The van der Waals surface area contributed by atoms with E-state index in [9.17, 15) is 14.7 Å². The highest BCUT2D eigenvalue weighted by atomic mass is 35.5. The lowest BCUT2D eigenvalue weighted by atomic mass is 10.1. The maximum atomic E-state index is 12.7. The van der Waals surface area contributed by atoms with Crippen molar-refractivity contribution in [2.24, 2.45) is 0 Å². The molecule has 4 aromatic rings. The number of hydrogen-bond donors (Lipinski definition) is 3. The van der Waals surface area contributed by atoms with Crippen molar-refractivity contribution in [3.63, 3.8) is 0 Å². The van der Waals surface area contributed by atoms with Crippen molar-refractivity contribution >= 4 is 57.6 Å². The Morgan fingerprint density at radius 1 is 1.12 bits per heavy atom. The van der Waals surface area contributed by atoms with Gasteiger partial charge in [-0.3, -0.25) is 10.2 Å². The number of carbonyl (C=O) groups excluding carboxylic acids is 2. The topological polar surface area (TPSA) is 125 Å². The molecule has 208 valence electrons. The smallest absolute Gasteiger partial charge is 0.338 e. The highest BCUT2D eigenvalue weighted by molar-refractivity contribution is 7.11. The number of aromatic nitrogens is 1. The second-order valence-corrected chi connectivity index (χ2v) is 10.2. The summed E-state index contributed by atoms with van der Waals surface area (Å²) in [6.45, 7) is 2.00. The van der Waals surface area contributed by atoms with Crippen LogP contribution in [0.15, 0.2) is 83.9 Å². The number of halogens is 1. The Labute approximate surface area is 245 Å². The summed E-state index contributed by atoms with van der Waals surface area (Å²) >= 11 is 7.31. The molecule has 0 aliphatic carbocycles. The molecular formula is C30H25ClN4O5S. The lowest BCUT2D eigenvalue weighted by Gasteiger charge is -2.19. The van der Waals surface area contributed by atoms with Crippen LogP contribution in [0.1, 0.15) is 22.3 Å². The molecule has 2 heterocycles. The summed E-state index contributed by atoms with van der Waals surface area (Å²) in [5.74, 6) is -0.428. The van der Waals surface area contributed by atoms with Crippen molar-refractivity contribution in [2.45, 2.75) is 6.92 Å². The molecule has 0 fully saturated rings. The summed E-state index contributed by atoms with van der Waals surface area (Å²) in [4.78, 5) is 31.2. The van der Waals surface area contributed by atoms with Gasteiger partial charge in [0.2, 0.25) is 0 Å². The van der Waals surface area contributed by atoms with Crippen LogP contribution >= 0.6 is 22.9 Å². The molecule has 3 N–H and O–H groups in total. The lowest BCUT2D eigenvalue weighted by molar-refractivity contribution is -0.119. The first-order valence-corrected chi connectivity index (χ1v) is 13.9. The van der Waals surface area contributed by atoms with E-state index in [0.717, 1.165) is 5.56 Å². The minimum atomic E-state index is -0.690. The number of aliphatic hydroxyl groups excluding tert-OH is 1. The molecule has 41 heavy (non-hydrogen) atoms. The van der Waals surface area contributed by atoms with E-state index < -0.39 is 18.5 Å². The summed E-state index contributed by atoms with van der Waals surface area (Å²) in [5, 5.41) is 25.2. The van der Waals surface area contributed by atoms with Crippen LogP contribution in [0.2, 0.25) is 5.02 Å². The van der Waals surface area contributed by atoms with E-state index in [1.165, 1.54) is 11.3 Å². The summed E-state index contributed by atoms with van der Waals surface area (Å²) < 4.78 is 10.6. The van der Waals surface area contributed by atoms with E-state index in [-0.39, 0.29) is 23.7 Å². The maximum absolute atomic E-state index is 12.7. The van der Waals surface area contributed by atoms with E-state index in [4.69, 9.17) is 26.5 Å². The van der Waals surface area contributed by atoms with Crippen molar-refractivity contribution < 1.29 is 24.2 Å². The number of nitrogens with one attached hydrogen (secondary N) is 2. The van der Waals surface area contributed by atoms with Gasteiger partial charge in [0.15, 0.2) is 6.61 Å². The average molecular weight is 589 g/mol. The Kier molecular flexibility index (Phi) is 8.32. The molecule has 1 aliphatic rings. The number of amidine groups is 1. The molecule has 0 radical (unpaired) electrons. The van der Waals surface area contributed by atoms with Crippen molar-refractivity contribution in [1.29, 1.82) is 5.41 Å². The van der Waals surface area contributed by atoms with E-state index in [1.807, 2.05) is 24.4 Å². The van der Waals surface area contributed by atoms with Crippen molar-refractivity contribution in [2.75, 3.05) is 30.0 Å². The van der Waals surface area contributed by atoms with Gasteiger partial charge in [-0.25, -0.2) is 9.78 Å². The molecule has 0 saturated heterocycles. The number of amides is 1. The quantitative estimate of drug-likeness (QED) is 0.193. The average Bonchev–Trinajstić information content (AvgIpc) is 3.57. The third-order valence-electron chi connectivity index (χ3n) is 6.14. The van der Waals surface area contributed by atoms with E-state index >= 15 is 0 Å². The van der Waals surface area contributed by atoms with Crippen molar-refractivity contribution in [3.05, 3.63) is 99.5 Å². The van der Waals surface area contributed by atoms with E-state index in [0.29, 0.717) is 45.0 Å². The molecule has 0 bridgehead atoms. The molecule has 1 aliphatic heterocycles. The molecule has 0 saturated carbocycles. The monoisotopic (exact) mass is 588 g/mol. The number of benzene rings is 3. The first-order chi connectivity index (χ1) is 19.8. The molecule has 0 spiro atoms. The van der Waals surface area contributed by atoms with E-state index in [2.05, 4.69) is 10.3 Å². The standard InChI is InChI=1S/C30H25ClN4O5S/c1-2-39-23-12-10-21(11-13-23)33-26(37)16-40-30(38)19-4-3-5-22(14-19)35-15-25(36)27(28(35)32)29-34-24(17-41-29)18-6-8-20(31)9-7-18/h3-14,17,32,36H,2,15-16H2,1H3,(H,33,37). The van der Waals surface area contributed by atoms with Crippen LogP contribution in [0.3, 0.4) is 0 Å². The molecular weight excluding hydrogens is 564 g/mol. The zero-order valence-corrected chi connectivity index (χ0v) is 23.5. The number of thiazole rings is 1. The zero-order chi connectivity index (χ0) is 28.9. The number of anilines is 2. The van der Waals surface area contributed by atoms with Crippen molar-refractivity contribution in [1.82, 2.24) is 4.98 Å². The Morgan fingerprint density at radius 2 is 1.88 bits per heavy atom. The molecule has 5 rings (SSSR count). The summed E-state index contributed by atoms with van der Waals surface area (Å²) in [6, 6.07) is 20.6. The second-order valence-electron chi connectivity index (χ2n) is 8.93. The fraction of sp³-hybridized carbons (Fsp3) is 0.133.